The van der Waals surface area contributed by atoms with E-state index in [2.05, 4.69) is 11.9 Å². The molecule has 6 heteroatoms. The lowest BCUT2D eigenvalue weighted by atomic mass is 10.2. The SMILES string of the molecule is CC1CN(C(=O)c2sc3ncccc3c2N)CCS1. The third kappa shape index (κ3) is 2.30. The summed E-state index contributed by atoms with van der Waals surface area (Å²) in [5, 5.41) is 1.38. The number of carbonyl (C=O) groups is 1. The van der Waals surface area contributed by atoms with E-state index in [1.165, 1.54) is 11.3 Å². The molecule has 1 amide bonds. The molecule has 0 radical (unpaired) electrons. The largest absolute Gasteiger partial charge is 0.397 e. The zero-order valence-electron chi connectivity index (χ0n) is 10.6. The van der Waals surface area contributed by atoms with Gasteiger partial charge in [-0.3, -0.25) is 4.79 Å². The zero-order chi connectivity index (χ0) is 13.4. The summed E-state index contributed by atoms with van der Waals surface area (Å²) in [4.78, 5) is 20.2. The van der Waals surface area contributed by atoms with Gasteiger partial charge in [0.2, 0.25) is 0 Å². The fourth-order valence-electron chi connectivity index (χ4n) is 2.26. The molecule has 19 heavy (non-hydrogen) atoms. The number of nitrogen functional groups attached to an aromatic ring is 1. The van der Waals surface area contributed by atoms with Crippen LogP contribution in [-0.2, 0) is 0 Å². The van der Waals surface area contributed by atoms with E-state index in [1.54, 1.807) is 6.20 Å². The van der Waals surface area contributed by atoms with Gasteiger partial charge < -0.3 is 10.6 Å². The number of amides is 1. The fourth-order valence-corrected chi connectivity index (χ4v) is 4.30. The minimum Gasteiger partial charge on any atom is -0.397 e. The molecule has 0 spiro atoms. The maximum absolute atomic E-state index is 12.6. The van der Waals surface area contributed by atoms with Crippen molar-refractivity contribution in [1.29, 1.82) is 0 Å². The van der Waals surface area contributed by atoms with Crippen LogP contribution >= 0.6 is 23.1 Å². The summed E-state index contributed by atoms with van der Waals surface area (Å²) in [6.07, 6.45) is 1.73. The summed E-state index contributed by atoms with van der Waals surface area (Å²) >= 11 is 3.30. The number of thiophene rings is 1. The molecule has 2 N–H and O–H groups in total. The number of rotatable bonds is 1. The van der Waals surface area contributed by atoms with Gasteiger partial charge in [0, 0.05) is 35.7 Å². The molecular weight excluding hydrogens is 278 g/mol. The molecule has 2 aromatic heterocycles. The number of hydrogen-bond acceptors (Lipinski definition) is 5. The summed E-state index contributed by atoms with van der Waals surface area (Å²) in [6.45, 7) is 3.75. The van der Waals surface area contributed by atoms with Crippen LogP contribution in [-0.4, -0.2) is 39.9 Å². The first-order valence-electron chi connectivity index (χ1n) is 6.20. The summed E-state index contributed by atoms with van der Waals surface area (Å²) in [6, 6.07) is 3.76. The smallest absolute Gasteiger partial charge is 0.266 e. The van der Waals surface area contributed by atoms with E-state index in [1.807, 2.05) is 28.8 Å². The second kappa shape index (κ2) is 5.02. The zero-order valence-corrected chi connectivity index (χ0v) is 12.3. The lowest BCUT2D eigenvalue weighted by molar-refractivity contribution is 0.0769. The van der Waals surface area contributed by atoms with Gasteiger partial charge in [-0.1, -0.05) is 6.92 Å². The highest BCUT2D eigenvalue weighted by atomic mass is 32.2. The summed E-state index contributed by atoms with van der Waals surface area (Å²) in [7, 11) is 0. The first-order chi connectivity index (χ1) is 9.16. The second-order valence-corrected chi connectivity index (χ2v) is 7.18. The van der Waals surface area contributed by atoms with E-state index < -0.39 is 0 Å². The van der Waals surface area contributed by atoms with Gasteiger partial charge in [0.15, 0.2) is 0 Å². The van der Waals surface area contributed by atoms with Crippen molar-refractivity contribution >= 4 is 44.9 Å². The Bertz CT molecular complexity index is 625. The van der Waals surface area contributed by atoms with E-state index in [-0.39, 0.29) is 5.91 Å². The second-order valence-electron chi connectivity index (χ2n) is 4.63. The predicted octanol–water partition coefficient (Wildman–Crippen LogP) is 2.46. The minimum absolute atomic E-state index is 0.0488. The molecule has 3 rings (SSSR count). The van der Waals surface area contributed by atoms with Gasteiger partial charge in [0.05, 0.1) is 5.69 Å². The lowest BCUT2D eigenvalue weighted by Crippen LogP contribution is -2.40. The van der Waals surface area contributed by atoms with E-state index >= 15 is 0 Å². The average molecular weight is 293 g/mol. The Hall–Kier alpha value is -1.27. The molecule has 0 saturated carbocycles. The van der Waals surface area contributed by atoms with E-state index in [9.17, 15) is 4.79 Å². The van der Waals surface area contributed by atoms with Crippen molar-refractivity contribution in [2.75, 3.05) is 24.6 Å². The number of anilines is 1. The molecule has 0 bridgehead atoms. The molecule has 1 unspecified atom stereocenters. The van der Waals surface area contributed by atoms with Crippen molar-refractivity contribution in [3.8, 4) is 0 Å². The Balaban J connectivity index is 1.95. The standard InChI is InChI=1S/C13H15N3OS2/c1-8-7-16(5-6-18-8)13(17)11-10(14)9-3-2-4-15-12(9)19-11/h2-4,8H,5-7,14H2,1H3. The number of carbonyl (C=O) groups excluding carboxylic acids is 1. The summed E-state index contributed by atoms with van der Waals surface area (Å²) in [5.74, 6) is 1.04. The molecule has 0 aromatic carbocycles. The van der Waals surface area contributed by atoms with Gasteiger partial charge in [-0.25, -0.2) is 4.98 Å². The van der Waals surface area contributed by atoms with Gasteiger partial charge in [-0.15, -0.1) is 11.3 Å². The van der Waals surface area contributed by atoms with E-state index in [0.29, 0.717) is 15.8 Å². The Morgan fingerprint density at radius 1 is 1.58 bits per heavy atom. The Morgan fingerprint density at radius 3 is 3.16 bits per heavy atom. The molecule has 1 atom stereocenters. The molecule has 2 aromatic rings. The van der Waals surface area contributed by atoms with Crippen molar-refractivity contribution in [2.24, 2.45) is 0 Å². The quantitative estimate of drug-likeness (QED) is 0.877. The van der Waals surface area contributed by atoms with Crippen molar-refractivity contribution in [1.82, 2.24) is 9.88 Å². The normalized spacial score (nSPS) is 19.8. The molecule has 1 saturated heterocycles. The predicted molar refractivity (Wildman–Crippen MR) is 81.9 cm³/mol. The molecule has 4 nitrogen and oxygen atoms in total. The number of nitrogens with zero attached hydrogens (tertiary/aromatic N) is 2. The van der Waals surface area contributed by atoms with Crippen LogP contribution in [0.5, 0.6) is 0 Å². The highest BCUT2D eigenvalue weighted by Gasteiger charge is 2.26. The van der Waals surface area contributed by atoms with Crippen LogP contribution in [0.2, 0.25) is 0 Å². The highest BCUT2D eigenvalue weighted by Crippen LogP contribution is 2.33. The molecule has 3 heterocycles. The molecule has 0 aliphatic carbocycles. The van der Waals surface area contributed by atoms with E-state index in [0.717, 1.165) is 29.1 Å². The van der Waals surface area contributed by atoms with Crippen molar-refractivity contribution < 1.29 is 4.79 Å². The summed E-state index contributed by atoms with van der Waals surface area (Å²) < 4.78 is 0. The van der Waals surface area contributed by atoms with Crippen LogP contribution in [0, 0.1) is 0 Å². The van der Waals surface area contributed by atoms with Crippen molar-refractivity contribution in [2.45, 2.75) is 12.2 Å². The van der Waals surface area contributed by atoms with Crippen LogP contribution in [0.15, 0.2) is 18.3 Å². The van der Waals surface area contributed by atoms with Crippen LogP contribution in [0.25, 0.3) is 10.2 Å². The Labute approximate surface area is 120 Å². The van der Waals surface area contributed by atoms with Gasteiger partial charge in [-0.2, -0.15) is 11.8 Å². The average Bonchev–Trinajstić information content (AvgIpc) is 2.76. The van der Waals surface area contributed by atoms with Gasteiger partial charge in [0.25, 0.3) is 5.91 Å². The maximum atomic E-state index is 12.6. The first-order valence-corrected chi connectivity index (χ1v) is 8.07. The number of nitrogens with two attached hydrogens (primary N) is 1. The topological polar surface area (TPSA) is 59.2 Å². The van der Waals surface area contributed by atoms with Gasteiger partial charge in [-0.05, 0) is 12.1 Å². The van der Waals surface area contributed by atoms with Gasteiger partial charge in [0.1, 0.15) is 9.71 Å². The Kier molecular flexibility index (Phi) is 3.36. The molecule has 100 valence electrons. The van der Waals surface area contributed by atoms with Crippen LogP contribution in [0.1, 0.15) is 16.6 Å². The first kappa shape index (κ1) is 12.7. The van der Waals surface area contributed by atoms with E-state index in [4.69, 9.17) is 5.73 Å². The number of pyridine rings is 1. The third-order valence-electron chi connectivity index (χ3n) is 3.23. The molecular formula is C13H15N3OS2. The molecule has 1 aliphatic rings. The lowest BCUT2D eigenvalue weighted by Gasteiger charge is -2.30. The number of hydrogen-bond donors (Lipinski definition) is 1. The van der Waals surface area contributed by atoms with Crippen molar-refractivity contribution in [3.05, 3.63) is 23.2 Å². The minimum atomic E-state index is 0.0488. The Morgan fingerprint density at radius 2 is 2.42 bits per heavy atom. The number of thioether (sulfide) groups is 1. The van der Waals surface area contributed by atoms with Crippen LogP contribution in [0.4, 0.5) is 5.69 Å². The van der Waals surface area contributed by atoms with Crippen LogP contribution in [0.3, 0.4) is 0 Å². The molecule has 1 aliphatic heterocycles. The van der Waals surface area contributed by atoms with Gasteiger partial charge >= 0.3 is 0 Å². The van der Waals surface area contributed by atoms with Crippen LogP contribution < -0.4 is 5.73 Å². The third-order valence-corrected chi connectivity index (χ3v) is 5.48. The maximum Gasteiger partial charge on any atom is 0.266 e. The summed E-state index contributed by atoms with van der Waals surface area (Å²) in [5.41, 5.74) is 6.67. The number of fused-ring (bicyclic) bond motifs is 1. The molecule has 1 fully saturated rings. The van der Waals surface area contributed by atoms with Crippen molar-refractivity contribution in [3.63, 3.8) is 0 Å². The monoisotopic (exact) mass is 293 g/mol. The fraction of sp³-hybridized carbons (Fsp3) is 0.385. The number of aromatic nitrogens is 1. The highest BCUT2D eigenvalue weighted by molar-refractivity contribution is 7.99.